The summed E-state index contributed by atoms with van der Waals surface area (Å²) in [6, 6.07) is 37.5. The summed E-state index contributed by atoms with van der Waals surface area (Å²) in [6.45, 7) is 0. The molecule has 5 aromatic rings. The molecule has 0 saturated carbocycles. The Morgan fingerprint density at radius 3 is 1.02 bits per heavy atom. The molecule has 0 amide bonds. The largest absolute Gasteiger partial charge is 0.508 e. The number of nitriles is 4. The Kier molecular flexibility index (Phi) is 5.86. The van der Waals surface area contributed by atoms with E-state index in [2.05, 4.69) is 24.3 Å². The number of phenolic OH excluding ortho intramolecular Hbond substituents is 2. The maximum absolute atomic E-state index is 9.99. The van der Waals surface area contributed by atoms with Crippen LogP contribution in [-0.2, 0) is 0 Å². The number of allylic oxidation sites excluding steroid dienone is 2. The van der Waals surface area contributed by atoms with Crippen LogP contribution in [0.25, 0.3) is 55.7 Å². The number of phenols is 2. The predicted octanol–water partition coefficient (Wildman–Crippen LogP) is 8.09. The van der Waals surface area contributed by atoms with Crippen molar-refractivity contribution in [2.75, 3.05) is 0 Å². The van der Waals surface area contributed by atoms with E-state index in [1.165, 1.54) is 0 Å². The van der Waals surface area contributed by atoms with Crippen molar-refractivity contribution in [1.82, 2.24) is 0 Å². The Labute approximate surface area is 252 Å². The number of fused-ring (bicyclic) bond motifs is 6. The van der Waals surface area contributed by atoms with Gasteiger partial charge < -0.3 is 10.2 Å². The maximum Gasteiger partial charge on any atom is 0.138 e. The van der Waals surface area contributed by atoms with Crippen LogP contribution in [0.1, 0.15) is 22.3 Å². The van der Waals surface area contributed by atoms with Gasteiger partial charge in [0, 0.05) is 11.1 Å². The predicted molar refractivity (Wildman–Crippen MR) is 166 cm³/mol. The van der Waals surface area contributed by atoms with E-state index in [0.717, 1.165) is 66.8 Å². The minimum absolute atomic E-state index is 0.0146. The van der Waals surface area contributed by atoms with Crippen LogP contribution < -0.4 is 0 Å². The minimum atomic E-state index is -0.0146. The summed E-state index contributed by atoms with van der Waals surface area (Å²) in [7, 11) is 0. The van der Waals surface area contributed by atoms with Crippen molar-refractivity contribution < 1.29 is 10.2 Å². The van der Waals surface area contributed by atoms with Crippen molar-refractivity contribution in [3.8, 4) is 80.3 Å². The van der Waals surface area contributed by atoms with Gasteiger partial charge in [-0.1, -0.05) is 48.5 Å². The van der Waals surface area contributed by atoms with Crippen molar-refractivity contribution in [2.45, 2.75) is 0 Å². The number of rotatable bonds is 2. The molecule has 5 aromatic carbocycles. The standard InChI is InChI=1S/C38H18N4O2/c39-17-25(18-40)37-33-13-23(21-1-7-27(43)8-2-21)5-11-29(33)31-15-36-32(16-35(31)37)30-12-6-24(22-3-9-28(44)10-4-22)14-34(30)38(36)26(19-41)20-42/h1-16,43-44H. The van der Waals surface area contributed by atoms with Crippen LogP contribution in [-0.4, -0.2) is 10.2 Å². The van der Waals surface area contributed by atoms with Gasteiger partial charge in [-0.25, -0.2) is 0 Å². The average Bonchev–Trinajstić information content (AvgIpc) is 3.53. The zero-order valence-electron chi connectivity index (χ0n) is 22.9. The summed E-state index contributed by atoms with van der Waals surface area (Å²) in [5, 5.41) is 59.5. The van der Waals surface area contributed by atoms with Crippen LogP contribution in [0.15, 0.2) is 108 Å². The zero-order chi connectivity index (χ0) is 30.5. The van der Waals surface area contributed by atoms with Gasteiger partial charge >= 0.3 is 0 Å². The van der Waals surface area contributed by atoms with E-state index in [1.54, 1.807) is 48.5 Å². The molecule has 0 radical (unpaired) electrons. The second kappa shape index (κ2) is 9.90. The summed E-state index contributed by atoms with van der Waals surface area (Å²) in [5.41, 5.74) is 10.7. The molecule has 0 aliphatic heterocycles. The zero-order valence-corrected chi connectivity index (χ0v) is 22.9. The monoisotopic (exact) mass is 562 g/mol. The van der Waals surface area contributed by atoms with E-state index in [4.69, 9.17) is 0 Å². The van der Waals surface area contributed by atoms with Gasteiger partial charge in [0.2, 0.25) is 0 Å². The quantitative estimate of drug-likeness (QED) is 0.204. The third-order valence-corrected chi connectivity index (χ3v) is 8.20. The van der Waals surface area contributed by atoms with Crippen LogP contribution in [0.3, 0.4) is 0 Å². The van der Waals surface area contributed by atoms with Gasteiger partial charge in [0.25, 0.3) is 0 Å². The van der Waals surface area contributed by atoms with Crippen molar-refractivity contribution in [3.05, 3.63) is 130 Å². The average molecular weight is 563 g/mol. The molecule has 0 fully saturated rings. The van der Waals surface area contributed by atoms with Gasteiger partial charge in [0.1, 0.15) is 46.9 Å². The minimum Gasteiger partial charge on any atom is -0.508 e. The van der Waals surface area contributed by atoms with Crippen LogP contribution in [0.4, 0.5) is 0 Å². The highest BCUT2D eigenvalue weighted by Crippen LogP contribution is 2.54. The Morgan fingerprint density at radius 1 is 0.364 bits per heavy atom. The van der Waals surface area contributed by atoms with E-state index in [9.17, 15) is 31.3 Å². The van der Waals surface area contributed by atoms with Crippen LogP contribution in [0, 0.1) is 45.3 Å². The van der Waals surface area contributed by atoms with Gasteiger partial charge in [-0.15, -0.1) is 0 Å². The fourth-order valence-electron chi connectivity index (χ4n) is 6.20. The highest BCUT2D eigenvalue weighted by molar-refractivity contribution is 6.11. The summed E-state index contributed by atoms with van der Waals surface area (Å²) >= 11 is 0. The molecule has 2 aliphatic carbocycles. The van der Waals surface area contributed by atoms with E-state index in [1.807, 2.05) is 48.5 Å². The molecule has 0 atom stereocenters. The van der Waals surface area contributed by atoms with Crippen LogP contribution >= 0.6 is 0 Å². The SMILES string of the molecule is N#CC(C#N)=C1c2cc(-c3ccc(O)cc3)ccc2-c2cc3c(cc21)-c1ccc(-c2ccc(O)cc2)cc1C3=C(C#N)C#N. The van der Waals surface area contributed by atoms with E-state index >= 15 is 0 Å². The third kappa shape index (κ3) is 3.85. The maximum atomic E-state index is 9.99. The smallest absolute Gasteiger partial charge is 0.138 e. The van der Waals surface area contributed by atoms with Crippen LogP contribution in [0.5, 0.6) is 11.5 Å². The molecule has 0 unspecified atom stereocenters. The molecule has 44 heavy (non-hydrogen) atoms. The summed E-state index contributed by atoms with van der Waals surface area (Å²) in [4.78, 5) is 0. The summed E-state index contributed by atoms with van der Waals surface area (Å²) in [6.07, 6.45) is 0. The lowest BCUT2D eigenvalue weighted by atomic mass is 9.93. The van der Waals surface area contributed by atoms with E-state index < -0.39 is 0 Å². The molecular weight excluding hydrogens is 544 g/mol. The van der Waals surface area contributed by atoms with E-state index in [0.29, 0.717) is 11.1 Å². The van der Waals surface area contributed by atoms with Crippen molar-refractivity contribution in [3.63, 3.8) is 0 Å². The molecule has 6 nitrogen and oxygen atoms in total. The normalized spacial score (nSPS) is 11.6. The number of nitrogens with zero attached hydrogens (tertiary/aromatic N) is 4. The Morgan fingerprint density at radius 2 is 0.682 bits per heavy atom. The Hall–Kier alpha value is -6.86. The fourth-order valence-corrected chi connectivity index (χ4v) is 6.20. The fraction of sp³-hybridized carbons (Fsp3) is 0. The first-order chi connectivity index (χ1) is 21.4. The molecule has 202 valence electrons. The topological polar surface area (TPSA) is 136 Å². The van der Waals surface area contributed by atoms with Crippen molar-refractivity contribution >= 4 is 11.1 Å². The highest BCUT2D eigenvalue weighted by atomic mass is 16.3. The molecule has 0 saturated heterocycles. The lowest BCUT2D eigenvalue weighted by Crippen LogP contribution is -1.91. The van der Waals surface area contributed by atoms with E-state index in [-0.39, 0.29) is 22.6 Å². The van der Waals surface area contributed by atoms with Crippen LogP contribution in [0.2, 0.25) is 0 Å². The molecule has 2 aliphatic rings. The van der Waals surface area contributed by atoms with Crippen molar-refractivity contribution in [1.29, 1.82) is 21.0 Å². The number of aromatic hydroxyl groups is 2. The molecular formula is C38H18N4O2. The number of hydrogen-bond acceptors (Lipinski definition) is 6. The van der Waals surface area contributed by atoms with Gasteiger partial charge in [-0.05, 0) is 115 Å². The summed E-state index contributed by atoms with van der Waals surface area (Å²) < 4.78 is 0. The summed E-state index contributed by atoms with van der Waals surface area (Å²) in [5.74, 6) is 0.309. The molecule has 2 N–H and O–H groups in total. The molecule has 0 aromatic heterocycles. The third-order valence-electron chi connectivity index (χ3n) is 8.20. The first-order valence-corrected chi connectivity index (χ1v) is 13.6. The molecule has 6 heteroatoms. The first-order valence-electron chi connectivity index (χ1n) is 13.6. The highest BCUT2D eigenvalue weighted by Gasteiger charge is 2.34. The second-order valence-electron chi connectivity index (χ2n) is 10.5. The lowest BCUT2D eigenvalue weighted by molar-refractivity contribution is 0.475. The lowest BCUT2D eigenvalue weighted by Gasteiger charge is -2.08. The Balaban J connectivity index is 1.48. The van der Waals surface area contributed by atoms with Gasteiger partial charge in [-0.3, -0.25) is 0 Å². The molecule has 0 spiro atoms. The number of hydrogen-bond donors (Lipinski definition) is 2. The van der Waals surface area contributed by atoms with Gasteiger partial charge in [0.15, 0.2) is 0 Å². The Bertz CT molecular complexity index is 2120. The van der Waals surface area contributed by atoms with Gasteiger partial charge in [-0.2, -0.15) is 21.0 Å². The van der Waals surface area contributed by atoms with Crippen molar-refractivity contribution in [2.24, 2.45) is 0 Å². The molecule has 7 rings (SSSR count). The first kappa shape index (κ1) is 26.1. The molecule has 0 heterocycles. The van der Waals surface area contributed by atoms with Gasteiger partial charge in [0.05, 0.1) is 0 Å². The second-order valence-corrected chi connectivity index (χ2v) is 10.5. The number of benzene rings is 5. The molecule has 0 bridgehead atoms.